The number of benzene rings is 1. The van der Waals surface area contributed by atoms with Crippen LogP contribution in [0.25, 0.3) is 0 Å². The Hall–Kier alpha value is -1.18. The van der Waals surface area contributed by atoms with Gasteiger partial charge in [-0.2, -0.15) is 0 Å². The molecule has 0 spiro atoms. The molecule has 0 saturated carbocycles. The summed E-state index contributed by atoms with van der Waals surface area (Å²) < 4.78 is 12.9. The molecule has 0 aromatic heterocycles. The van der Waals surface area contributed by atoms with E-state index in [0.29, 0.717) is 6.42 Å². The molecule has 0 unspecified atom stereocenters. The molecule has 0 amide bonds. The molecule has 2 heteroatoms. The van der Waals surface area contributed by atoms with E-state index in [9.17, 15) is 9.18 Å². The van der Waals surface area contributed by atoms with Crippen LogP contribution in [0, 0.1) is 18.7 Å². The largest absolute Gasteiger partial charge is 0.299 e. The maximum atomic E-state index is 12.9. The predicted octanol–water partition coefficient (Wildman–Crippen LogP) is 2.90. The van der Waals surface area contributed by atoms with E-state index in [0.717, 1.165) is 11.1 Å². The van der Waals surface area contributed by atoms with E-state index in [-0.39, 0.29) is 17.5 Å². The summed E-state index contributed by atoms with van der Waals surface area (Å²) in [7, 11) is 0. The molecule has 0 saturated heterocycles. The number of hydrogen-bond acceptors (Lipinski definition) is 1. The summed E-state index contributed by atoms with van der Waals surface area (Å²) >= 11 is 0. The Balaban J connectivity index is 2.86. The number of hydrogen-bond donors (Lipinski definition) is 0. The molecule has 1 aromatic rings. The SMILES string of the molecule is Cc1ccc(F)cc1CC(=O)C(C)C. The van der Waals surface area contributed by atoms with Gasteiger partial charge in [0.15, 0.2) is 0 Å². The molecule has 76 valence electrons. The lowest BCUT2D eigenvalue weighted by Crippen LogP contribution is -2.11. The summed E-state index contributed by atoms with van der Waals surface area (Å²) in [6.45, 7) is 5.61. The maximum Gasteiger partial charge on any atom is 0.139 e. The normalized spacial score (nSPS) is 10.6. The van der Waals surface area contributed by atoms with Crippen molar-refractivity contribution in [1.82, 2.24) is 0 Å². The van der Waals surface area contributed by atoms with Crippen LogP contribution in [-0.4, -0.2) is 5.78 Å². The van der Waals surface area contributed by atoms with Crippen LogP contribution in [-0.2, 0) is 11.2 Å². The average Bonchev–Trinajstić information content (AvgIpc) is 2.11. The second kappa shape index (κ2) is 4.36. The van der Waals surface area contributed by atoms with Gasteiger partial charge in [0.05, 0.1) is 0 Å². The highest BCUT2D eigenvalue weighted by Crippen LogP contribution is 2.13. The summed E-state index contributed by atoms with van der Waals surface area (Å²) in [6, 6.07) is 4.56. The van der Waals surface area contributed by atoms with Gasteiger partial charge in [-0.3, -0.25) is 4.79 Å². The lowest BCUT2D eigenvalue weighted by Gasteiger charge is -2.07. The molecule has 0 aliphatic carbocycles. The molecular formula is C12H15FO. The highest BCUT2D eigenvalue weighted by molar-refractivity contribution is 5.82. The van der Waals surface area contributed by atoms with Crippen molar-refractivity contribution in [1.29, 1.82) is 0 Å². The minimum atomic E-state index is -0.276. The van der Waals surface area contributed by atoms with Gasteiger partial charge in [-0.1, -0.05) is 19.9 Å². The molecule has 0 bridgehead atoms. The van der Waals surface area contributed by atoms with Gasteiger partial charge in [-0.15, -0.1) is 0 Å². The van der Waals surface area contributed by atoms with Crippen molar-refractivity contribution in [2.24, 2.45) is 5.92 Å². The van der Waals surface area contributed by atoms with Gasteiger partial charge in [-0.05, 0) is 30.2 Å². The van der Waals surface area contributed by atoms with E-state index in [1.54, 1.807) is 6.07 Å². The van der Waals surface area contributed by atoms with Crippen LogP contribution in [0.15, 0.2) is 18.2 Å². The van der Waals surface area contributed by atoms with Crippen LogP contribution in [0.1, 0.15) is 25.0 Å². The van der Waals surface area contributed by atoms with Crippen LogP contribution < -0.4 is 0 Å². The highest BCUT2D eigenvalue weighted by Gasteiger charge is 2.10. The first kappa shape index (κ1) is 10.9. The van der Waals surface area contributed by atoms with Crippen molar-refractivity contribution in [3.8, 4) is 0 Å². The first-order valence-electron chi connectivity index (χ1n) is 4.78. The zero-order valence-corrected chi connectivity index (χ0v) is 8.80. The van der Waals surface area contributed by atoms with Gasteiger partial charge >= 0.3 is 0 Å². The fourth-order valence-electron chi connectivity index (χ4n) is 1.22. The lowest BCUT2D eigenvalue weighted by atomic mass is 9.98. The topological polar surface area (TPSA) is 17.1 Å². The van der Waals surface area contributed by atoms with Gasteiger partial charge < -0.3 is 0 Å². The van der Waals surface area contributed by atoms with Crippen LogP contribution in [0.3, 0.4) is 0 Å². The zero-order chi connectivity index (χ0) is 10.7. The molecule has 1 aromatic carbocycles. The molecule has 0 aliphatic rings. The summed E-state index contributed by atoms with van der Waals surface area (Å²) in [6.07, 6.45) is 0.335. The van der Waals surface area contributed by atoms with E-state index >= 15 is 0 Å². The Morgan fingerprint density at radius 1 is 1.43 bits per heavy atom. The molecule has 14 heavy (non-hydrogen) atoms. The Kier molecular flexibility index (Phi) is 3.39. The summed E-state index contributed by atoms with van der Waals surface area (Å²) in [4.78, 5) is 11.5. The Morgan fingerprint density at radius 3 is 2.64 bits per heavy atom. The van der Waals surface area contributed by atoms with E-state index in [1.165, 1.54) is 12.1 Å². The third kappa shape index (κ3) is 2.66. The van der Waals surface area contributed by atoms with E-state index in [1.807, 2.05) is 20.8 Å². The first-order valence-corrected chi connectivity index (χ1v) is 4.78. The highest BCUT2D eigenvalue weighted by atomic mass is 19.1. The van der Waals surface area contributed by atoms with Crippen molar-refractivity contribution >= 4 is 5.78 Å². The molecule has 1 nitrogen and oxygen atoms in total. The average molecular weight is 194 g/mol. The van der Waals surface area contributed by atoms with E-state index < -0.39 is 0 Å². The maximum absolute atomic E-state index is 12.9. The van der Waals surface area contributed by atoms with Gasteiger partial charge in [-0.25, -0.2) is 4.39 Å². The van der Waals surface area contributed by atoms with Crippen molar-refractivity contribution in [2.45, 2.75) is 27.2 Å². The molecule has 0 aliphatic heterocycles. The van der Waals surface area contributed by atoms with Gasteiger partial charge in [0.25, 0.3) is 0 Å². The minimum absolute atomic E-state index is 0.0117. The van der Waals surface area contributed by atoms with Crippen molar-refractivity contribution < 1.29 is 9.18 Å². The number of ketones is 1. The monoisotopic (exact) mass is 194 g/mol. The van der Waals surface area contributed by atoms with Crippen molar-refractivity contribution in [3.63, 3.8) is 0 Å². The van der Waals surface area contributed by atoms with Crippen LogP contribution in [0.5, 0.6) is 0 Å². The molecule has 1 rings (SSSR count). The van der Waals surface area contributed by atoms with E-state index in [4.69, 9.17) is 0 Å². The summed E-state index contributed by atoms with van der Waals surface area (Å²) in [5.41, 5.74) is 1.77. The number of Topliss-reactive ketones (excluding diaryl/α,β-unsaturated/α-hetero) is 1. The van der Waals surface area contributed by atoms with Gasteiger partial charge in [0.2, 0.25) is 0 Å². The lowest BCUT2D eigenvalue weighted by molar-refractivity contribution is -0.121. The number of carbonyl (C=O) groups is 1. The number of carbonyl (C=O) groups excluding carboxylic acids is 1. The minimum Gasteiger partial charge on any atom is -0.299 e. The molecule has 0 heterocycles. The summed E-state index contributed by atoms with van der Waals surface area (Å²) in [5.74, 6) is -0.112. The van der Waals surface area contributed by atoms with Crippen LogP contribution >= 0.6 is 0 Å². The van der Waals surface area contributed by atoms with Crippen LogP contribution in [0.2, 0.25) is 0 Å². The van der Waals surface area contributed by atoms with Gasteiger partial charge in [0, 0.05) is 12.3 Å². The zero-order valence-electron chi connectivity index (χ0n) is 8.80. The summed E-state index contributed by atoms with van der Waals surface area (Å²) in [5, 5.41) is 0. The molecule has 0 radical (unpaired) electrons. The quantitative estimate of drug-likeness (QED) is 0.723. The smallest absolute Gasteiger partial charge is 0.139 e. The standard InChI is InChI=1S/C12H15FO/c1-8(2)12(14)7-10-6-11(13)5-4-9(10)3/h4-6,8H,7H2,1-3H3. The number of rotatable bonds is 3. The second-order valence-electron chi connectivity index (χ2n) is 3.87. The Bertz CT molecular complexity index is 342. The second-order valence-corrected chi connectivity index (χ2v) is 3.87. The first-order chi connectivity index (χ1) is 6.50. The molecular weight excluding hydrogens is 179 g/mol. The molecule has 0 atom stereocenters. The third-order valence-electron chi connectivity index (χ3n) is 2.32. The molecule has 0 N–H and O–H groups in total. The fourth-order valence-corrected chi connectivity index (χ4v) is 1.22. The Morgan fingerprint density at radius 2 is 2.07 bits per heavy atom. The van der Waals surface area contributed by atoms with Crippen LogP contribution in [0.4, 0.5) is 4.39 Å². The van der Waals surface area contributed by atoms with Crippen molar-refractivity contribution in [2.75, 3.05) is 0 Å². The van der Waals surface area contributed by atoms with Gasteiger partial charge in [0.1, 0.15) is 11.6 Å². The van der Waals surface area contributed by atoms with E-state index in [2.05, 4.69) is 0 Å². The third-order valence-corrected chi connectivity index (χ3v) is 2.32. The van der Waals surface area contributed by atoms with Crippen molar-refractivity contribution in [3.05, 3.63) is 35.1 Å². The predicted molar refractivity (Wildman–Crippen MR) is 54.7 cm³/mol. The Labute approximate surface area is 83.9 Å². The number of aryl methyl sites for hydroxylation is 1. The fraction of sp³-hybridized carbons (Fsp3) is 0.417. The number of halogens is 1. The molecule has 0 fully saturated rings.